The van der Waals surface area contributed by atoms with E-state index in [1.165, 1.54) is 5.56 Å². The summed E-state index contributed by atoms with van der Waals surface area (Å²) in [7, 11) is 0. The highest BCUT2D eigenvalue weighted by Gasteiger charge is 2.07. The number of rotatable bonds is 5. The van der Waals surface area contributed by atoms with E-state index >= 15 is 0 Å². The summed E-state index contributed by atoms with van der Waals surface area (Å²) in [6, 6.07) is 23.0. The Morgan fingerprint density at radius 2 is 1.52 bits per heavy atom. The predicted octanol–water partition coefficient (Wildman–Crippen LogP) is 5.41. The topological polar surface area (TPSA) is 35.5 Å². The molecular formula is C21H17BrO3. The molecule has 0 aliphatic carbocycles. The number of benzene rings is 3. The average Bonchev–Trinajstić information content (AvgIpc) is 2.62. The van der Waals surface area contributed by atoms with Crippen LogP contribution in [0.4, 0.5) is 0 Å². The number of hydrogen-bond donors (Lipinski definition) is 0. The molecule has 0 aromatic heterocycles. The molecular weight excluding hydrogens is 380 g/mol. The van der Waals surface area contributed by atoms with Gasteiger partial charge in [-0.05, 0) is 48.4 Å². The minimum absolute atomic E-state index is 0.143. The summed E-state index contributed by atoms with van der Waals surface area (Å²) >= 11 is 3.36. The molecule has 0 atom stereocenters. The van der Waals surface area contributed by atoms with Crippen molar-refractivity contribution in [3.63, 3.8) is 0 Å². The van der Waals surface area contributed by atoms with Gasteiger partial charge >= 0.3 is 5.97 Å². The molecule has 0 fully saturated rings. The quantitative estimate of drug-likeness (QED) is 0.427. The van der Waals surface area contributed by atoms with Gasteiger partial charge in [-0.25, -0.2) is 4.79 Å². The summed E-state index contributed by atoms with van der Waals surface area (Å²) in [6.45, 7) is 1.92. The SMILES string of the molecule is Cc1ccc(-c2ccc(OC(=O)COc3cccc(Br)c3)cc2)cc1. The second-order valence-corrected chi connectivity index (χ2v) is 6.53. The molecule has 0 saturated carbocycles. The van der Waals surface area contributed by atoms with Crippen molar-refractivity contribution in [2.75, 3.05) is 6.61 Å². The molecule has 126 valence electrons. The van der Waals surface area contributed by atoms with Crippen molar-refractivity contribution in [3.05, 3.63) is 82.8 Å². The number of aryl methyl sites for hydroxylation is 1. The smallest absolute Gasteiger partial charge is 0.349 e. The van der Waals surface area contributed by atoms with Gasteiger partial charge in [0.2, 0.25) is 0 Å². The lowest BCUT2D eigenvalue weighted by Gasteiger charge is -2.08. The van der Waals surface area contributed by atoms with Crippen LogP contribution in [-0.4, -0.2) is 12.6 Å². The Labute approximate surface area is 155 Å². The molecule has 0 spiro atoms. The molecule has 0 aliphatic rings. The third kappa shape index (κ3) is 4.94. The van der Waals surface area contributed by atoms with E-state index in [2.05, 4.69) is 47.1 Å². The maximum atomic E-state index is 11.9. The van der Waals surface area contributed by atoms with E-state index in [4.69, 9.17) is 9.47 Å². The standard InChI is InChI=1S/C21H17BrO3/c1-15-5-7-16(8-6-15)17-9-11-19(12-10-17)25-21(23)14-24-20-4-2-3-18(22)13-20/h2-13H,14H2,1H3. The first-order valence-electron chi connectivity index (χ1n) is 7.86. The van der Waals surface area contributed by atoms with E-state index in [-0.39, 0.29) is 6.61 Å². The van der Waals surface area contributed by atoms with Gasteiger partial charge in [-0.3, -0.25) is 0 Å². The summed E-state index contributed by atoms with van der Waals surface area (Å²) < 4.78 is 11.6. The maximum absolute atomic E-state index is 11.9. The Bertz CT molecular complexity index is 855. The van der Waals surface area contributed by atoms with E-state index in [9.17, 15) is 4.79 Å². The molecule has 3 aromatic rings. The van der Waals surface area contributed by atoms with Crippen LogP contribution in [0.25, 0.3) is 11.1 Å². The Kier molecular flexibility index (Phi) is 5.51. The summed E-state index contributed by atoms with van der Waals surface area (Å²) in [6.07, 6.45) is 0. The van der Waals surface area contributed by atoms with Crippen molar-refractivity contribution in [3.8, 4) is 22.6 Å². The van der Waals surface area contributed by atoms with Crippen LogP contribution in [-0.2, 0) is 4.79 Å². The fraction of sp³-hybridized carbons (Fsp3) is 0.0952. The highest BCUT2D eigenvalue weighted by Crippen LogP contribution is 2.23. The second kappa shape index (κ2) is 7.99. The van der Waals surface area contributed by atoms with E-state index in [1.807, 2.05) is 24.3 Å². The van der Waals surface area contributed by atoms with Crippen LogP contribution in [0.15, 0.2) is 77.3 Å². The van der Waals surface area contributed by atoms with Crippen molar-refractivity contribution < 1.29 is 14.3 Å². The zero-order chi connectivity index (χ0) is 17.6. The minimum Gasteiger partial charge on any atom is -0.482 e. The molecule has 0 aliphatic heterocycles. The van der Waals surface area contributed by atoms with E-state index in [0.717, 1.165) is 15.6 Å². The number of hydrogen-bond acceptors (Lipinski definition) is 3. The predicted molar refractivity (Wildman–Crippen MR) is 102 cm³/mol. The van der Waals surface area contributed by atoms with Crippen molar-refractivity contribution in [1.29, 1.82) is 0 Å². The Morgan fingerprint density at radius 3 is 2.16 bits per heavy atom. The first-order valence-corrected chi connectivity index (χ1v) is 8.65. The van der Waals surface area contributed by atoms with Gasteiger partial charge in [0, 0.05) is 4.47 Å². The molecule has 25 heavy (non-hydrogen) atoms. The molecule has 0 saturated heterocycles. The highest BCUT2D eigenvalue weighted by molar-refractivity contribution is 9.10. The first kappa shape index (κ1) is 17.2. The zero-order valence-electron chi connectivity index (χ0n) is 13.7. The van der Waals surface area contributed by atoms with Gasteiger partial charge in [-0.15, -0.1) is 0 Å². The van der Waals surface area contributed by atoms with Crippen molar-refractivity contribution >= 4 is 21.9 Å². The number of ether oxygens (including phenoxy) is 2. The van der Waals surface area contributed by atoms with Crippen molar-refractivity contribution in [2.24, 2.45) is 0 Å². The maximum Gasteiger partial charge on any atom is 0.349 e. The van der Waals surface area contributed by atoms with E-state index in [0.29, 0.717) is 11.5 Å². The molecule has 3 rings (SSSR count). The normalized spacial score (nSPS) is 10.3. The molecule has 3 aromatic carbocycles. The summed E-state index contributed by atoms with van der Waals surface area (Å²) in [5.41, 5.74) is 3.42. The molecule has 0 N–H and O–H groups in total. The fourth-order valence-corrected chi connectivity index (χ4v) is 2.70. The van der Waals surface area contributed by atoms with Crippen LogP contribution in [0.1, 0.15) is 5.56 Å². The van der Waals surface area contributed by atoms with Crippen LogP contribution in [0.5, 0.6) is 11.5 Å². The summed E-state index contributed by atoms with van der Waals surface area (Å²) in [5, 5.41) is 0. The molecule has 3 nitrogen and oxygen atoms in total. The van der Waals surface area contributed by atoms with Crippen LogP contribution >= 0.6 is 15.9 Å². The highest BCUT2D eigenvalue weighted by atomic mass is 79.9. The van der Waals surface area contributed by atoms with Crippen LogP contribution < -0.4 is 9.47 Å². The fourth-order valence-electron chi connectivity index (χ4n) is 2.32. The second-order valence-electron chi connectivity index (χ2n) is 5.61. The van der Waals surface area contributed by atoms with Gasteiger partial charge in [0.1, 0.15) is 11.5 Å². The molecule has 0 unspecified atom stereocenters. The lowest BCUT2D eigenvalue weighted by molar-refractivity contribution is -0.136. The van der Waals surface area contributed by atoms with Crippen LogP contribution in [0, 0.1) is 6.92 Å². The van der Waals surface area contributed by atoms with Gasteiger partial charge in [-0.2, -0.15) is 0 Å². The van der Waals surface area contributed by atoms with Crippen molar-refractivity contribution in [2.45, 2.75) is 6.92 Å². The van der Waals surface area contributed by atoms with Crippen LogP contribution in [0.2, 0.25) is 0 Å². The number of halogens is 1. The number of carbonyl (C=O) groups excluding carboxylic acids is 1. The van der Waals surface area contributed by atoms with Gasteiger partial charge in [0.25, 0.3) is 0 Å². The lowest BCUT2D eigenvalue weighted by Crippen LogP contribution is -2.17. The zero-order valence-corrected chi connectivity index (χ0v) is 15.3. The Balaban J connectivity index is 1.57. The van der Waals surface area contributed by atoms with Gasteiger partial charge in [0.15, 0.2) is 6.61 Å². The van der Waals surface area contributed by atoms with E-state index < -0.39 is 5.97 Å². The number of carbonyl (C=O) groups is 1. The monoisotopic (exact) mass is 396 g/mol. The molecule has 4 heteroatoms. The number of esters is 1. The van der Waals surface area contributed by atoms with Crippen molar-refractivity contribution in [1.82, 2.24) is 0 Å². The van der Waals surface area contributed by atoms with Crippen LogP contribution in [0.3, 0.4) is 0 Å². The lowest BCUT2D eigenvalue weighted by atomic mass is 10.0. The summed E-state index contributed by atoms with van der Waals surface area (Å²) in [4.78, 5) is 11.9. The van der Waals surface area contributed by atoms with Gasteiger partial charge in [-0.1, -0.05) is 64.0 Å². The molecule has 0 heterocycles. The summed E-state index contributed by atoms with van der Waals surface area (Å²) in [5.74, 6) is 0.669. The van der Waals surface area contributed by atoms with E-state index in [1.54, 1.807) is 24.3 Å². The third-order valence-corrected chi connectivity index (χ3v) is 4.12. The Morgan fingerprint density at radius 1 is 0.880 bits per heavy atom. The largest absolute Gasteiger partial charge is 0.482 e. The van der Waals surface area contributed by atoms with Gasteiger partial charge in [0.05, 0.1) is 0 Å². The Hall–Kier alpha value is -2.59. The molecule has 0 amide bonds. The first-order chi connectivity index (χ1) is 12.1. The molecule has 0 radical (unpaired) electrons. The van der Waals surface area contributed by atoms with Gasteiger partial charge < -0.3 is 9.47 Å². The molecule has 0 bridgehead atoms. The third-order valence-electron chi connectivity index (χ3n) is 3.62. The average molecular weight is 397 g/mol. The minimum atomic E-state index is -0.442.